The second-order valence-corrected chi connectivity index (χ2v) is 7.39. The smallest absolute Gasteiger partial charge is 0.233 e. The molecule has 2 amide bonds. The van der Waals surface area contributed by atoms with Gasteiger partial charge in [-0.25, -0.2) is 0 Å². The maximum atomic E-state index is 12.6. The van der Waals surface area contributed by atoms with Gasteiger partial charge in [-0.2, -0.15) is 0 Å². The molecule has 3 aliphatic rings. The highest BCUT2D eigenvalue weighted by atomic mass is 16.2. The number of amides is 2. The second-order valence-electron chi connectivity index (χ2n) is 7.39. The van der Waals surface area contributed by atoms with Crippen LogP contribution >= 0.6 is 0 Å². The van der Waals surface area contributed by atoms with Crippen molar-refractivity contribution in [2.75, 3.05) is 26.7 Å². The maximum Gasteiger partial charge on any atom is 0.233 e. The number of guanidine groups is 1. The number of carbonyl (C=O) groups excluding carboxylic acids is 2. The summed E-state index contributed by atoms with van der Waals surface area (Å²) in [6, 6.07) is 0. The first-order valence-corrected chi connectivity index (χ1v) is 9.58. The first-order valence-electron chi connectivity index (χ1n) is 9.58. The van der Waals surface area contributed by atoms with Gasteiger partial charge in [-0.3, -0.25) is 19.5 Å². The van der Waals surface area contributed by atoms with Gasteiger partial charge in [0.15, 0.2) is 5.96 Å². The van der Waals surface area contributed by atoms with Crippen LogP contribution in [-0.4, -0.2) is 49.4 Å². The summed E-state index contributed by atoms with van der Waals surface area (Å²) in [6.07, 6.45) is 7.50. The molecule has 2 aliphatic carbocycles. The van der Waals surface area contributed by atoms with Gasteiger partial charge in [0.25, 0.3) is 0 Å². The van der Waals surface area contributed by atoms with Gasteiger partial charge in [-0.05, 0) is 24.2 Å². The molecule has 6 nitrogen and oxygen atoms in total. The maximum absolute atomic E-state index is 12.6. The van der Waals surface area contributed by atoms with Crippen molar-refractivity contribution in [2.24, 2.45) is 34.6 Å². The molecule has 2 N–H and O–H groups in total. The van der Waals surface area contributed by atoms with Crippen molar-refractivity contribution >= 4 is 17.8 Å². The molecule has 138 valence electrons. The monoisotopic (exact) mass is 346 g/mol. The Bertz CT molecular complexity index is 552. The van der Waals surface area contributed by atoms with Crippen LogP contribution in [0.25, 0.3) is 0 Å². The number of imide groups is 1. The van der Waals surface area contributed by atoms with E-state index < -0.39 is 0 Å². The Kier molecular flexibility index (Phi) is 5.45. The summed E-state index contributed by atoms with van der Waals surface area (Å²) in [7, 11) is 1.74. The highest BCUT2D eigenvalue weighted by Gasteiger charge is 2.58. The number of hydrogen-bond acceptors (Lipinski definition) is 3. The highest BCUT2D eigenvalue weighted by Crippen LogP contribution is 2.52. The number of likely N-dealkylation sites (tertiary alicyclic amines) is 1. The van der Waals surface area contributed by atoms with Crippen molar-refractivity contribution in [3.05, 3.63) is 12.2 Å². The first-order chi connectivity index (χ1) is 12.1. The minimum atomic E-state index is -0.102. The summed E-state index contributed by atoms with van der Waals surface area (Å²) >= 11 is 0. The molecule has 1 heterocycles. The zero-order valence-electron chi connectivity index (χ0n) is 15.5. The van der Waals surface area contributed by atoms with Crippen LogP contribution in [0.5, 0.6) is 0 Å². The zero-order valence-corrected chi connectivity index (χ0v) is 15.5. The Morgan fingerprint density at radius 2 is 1.76 bits per heavy atom. The lowest BCUT2D eigenvalue weighted by atomic mass is 9.85. The van der Waals surface area contributed by atoms with Gasteiger partial charge in [-0.15, -0.1) is 0 Å². The Balaban J connectivity index is 1.47. The van der Waals surface area contributed by atoms with Crippen LogP contribution in [0, 0.1) is 29.6 Å². The Morgan fingerprint density at radius 3 is 2.28 bits per heavy atom. The van der Waals surface area contributed by atoms with Crippen molar-refractivity contribution in [1.29, 1.82) is 0 Å². The summed E-state index contributed by atoms with van der Waals surface area (Å²) in [5.41, 5.74) is 0. The molecular formula is C19H30N4O2. The van der Waals surface area contributed by atoms with Crippen molar-refractivity contribution in [3.63, 3.8) is 0 Å². The summed E-state index contributed by atoms with van der Waals surface area (Å²) in [5.74, 6) is 1.75. The van der Waals surface area contributed by atoms with Crippen molar-refractivity contribution in [1.82, 2.24) is 15.5 Å². The predicted octanol–water partition coefficient (Wildman–Crippen LogP) is 1.39. The SMILES string of the molecule is CCC(CC)CNC(=NC)NCCN1C(=O)C2C3C=CC(C3)C2C1=O. The molecule has 1 aliphatic heterocycles. The molecule has 25 heavy (non-hydrogen) atoms. The van der Waals surface area contributed by atoms with Crippen molar-refractivity contribution < 1.29 is 9.59 Å². The fraction of sp³-hybridized carbons (Fsp3) is 0.737. The first kappa shape index (κ1) is 18.0. The minimum Gasteiger partial charge on any atom is -0.356 e. The molecule has 3 rings (SSSR count). The second kappa shape index (κ2) is 7.58. The van der Waals surface area contributed by atoms with Crippen LogP contribution < -0.4 is 10.6 Å². The fourth-order valence-electron chi connectivity index (χ4n) is 4.51. The van der Waals surface area contributed by atoms with E-state index in [9.17, 15) is 9.59 Å². The standard InChI is InChI=1S/C19H30N4O2/c1-4-12(5-2)11-22-19(20-3)21-8-9-23-17(24)15-13-6-7-14(10-13)16(15)18(23)25/h6-7,12-16H,4-5,8-11H2,1-3H3,(H2,20,21,22). The van der Waals surface area contributed by atoms with Gasteiger partial charge < -0.3 is 10.6 Å². The predicted molar refractivity (Wildman–Crippen MR) is 97.9 cm³/mol. The molecule has 1 saturated heterocycles. The number of allylic oxidation sites excluding steroid dienone is 2. The molecule has 0 aromatic rings. The van der Waals surface area contributed by atoms with E-state index in [1.165, 1.54) is 4.90 Å². The molecule has 4 unspecified atom stereocenters. The summed E-state index contributed by atoms with van der Waals surface area (Å²) in [5, 5.41) is 6.55. The zero-order chi connectivity index (χ0) is 18.0. The van der Waals surface area contributed by atoms with E-state index in [1.807, 2.05) is 0 Å². The third-order valence-electron chi connectivity index (χ3n) is 6.13. The number of hydrogen-bond donors (Lipinski definition) is 2. The lowest BCUT2D eigenvalue weighted by molar-refractivity contribution is -0.140. The molecular weight excluding hydrogens is 316 g/mol. The minimum absolute atomic E-state index is 0.0219. The lowest BCUT2D eigenvalue weighted by Gasteiger charge is -2.20. The Hall–Kier alpha value is -1.85. The van der Waals surface area contributed by atoms with Gasteiger partial charge >= 0.3 is 0 Å². The number of fused-ring (bicyclic) bond motifs is 5. The largest absolute Gasteiger partial charge is 0.356 e. The van der Waals surface area contributed by atoms with E-state index in [4.69, 9.17) is 0 Å². The van der Waals surface area contributed by atoms with Gasteiger partial charge in [0, 0.05) is 26.7 Å². The van der Waals surface area contributed by atoms with Crippen LogP contribution in [-0.2, 0) is 9.59 Å². The van der Waals surface area contributed by atoms with Crippen LogP contribution in [0.15, 0.2) is 17.1 Å². The molecule has 0 aromatic heterocycles. The lowest BCUT2D eigenvalue weighted by Crippen LogP contribution is -2.44. The Morgan fingerprint density at radius 1 is 1.16 bits per heavy atom. The van der Waals surface area contributed by atoms with Gasteiger partial charge in [0.2, 0.25) is 11.8 Å². The van der Waals surface area contributed by atoms with Gasteiger partial charge in [-0.1, -0.05) is 38.8 Å². The van der Waals surface area contributed by atoms with Crippen molar-refractivity contribution in [2.45, 2.75) is 33.1 Å². The van der Waals surface area contributed by atoms with E-state index in [0.717, 1.165) is 31.8 Å². The Labute approximate surface area is 150 Å². The van der Waals surface area contributed by atoms with Crippen LogP contribution in [0.3, 0.4) is 0 Å². The van der Waals surface area contributed by atoms with E-state index in [2.05, 4.69) is 41.6 Å². The highest BCUT2D eigenvalue weighted by molar-refractivity contribution is 6.06. The van der Waals surface area contributed by atoms with Crippen LogP contribution in [0.1, 0.15) is 33.1 Å². The van der Waals surface area contributed by atoms with E-state index >= 15 is 0 Å². The molecule has 6 heteroatoms. The summed E-state index contributed by atoms with van der Waals surface area (Å²) < 4.78 is 0. The van der Waals surface area contributed by atoms with E-state index in [1.54, 1.807) is 7.05 Å². The molecule has 0 aromatic carbocycles. The average Bonchev–Trinajstić information content (AvgIpc) is 3.30. The number of nitrogens with zero attached hydrogens (tertiary/aromatic N) is 2. The molecule has 0 radical (unpaired) electrons. The van der Waals surface area contributed by atoms with Crippen LogP contribution in [0.2, 0.25) is 0 Å². The summed E-state index contributed by atoms with van der Waals surface area (Å²) in [4.78, 5) is 30.9. The molecule has 2 fully saturated rings. The number of carbonyl (C=O) groups is 2. The topological polar surface area (TPSA) is 73.8 Å². The number of rotatable bonds is 7. The van der Waals surface area contributed by atoms with E-state index in [-0.39, 0.29) is 35.5 Å². The molecule has 4 atom stereocenters. The molecule has 0 spiro atoms. The normalized spacial score (nSPS) is 30.6. The summed E-state index contributed by atoms with van der Waals surface area (Å²) in [6.45, 7) is 6.20. The molecule has 1 saturated carbocycles. The van der Waals surface area contributed by atoms with Gasteiger partial charge in [0.05, 0.1) is 11.8 Å². The van der Waals surface area contributed by atoms with E-state index in [0.29, 0.717) is 19.0 Å². The van der Waals surface area contributed by atoms with Crippen LogP contribution in [0.4, 0.5) is 0 Å². The average molecular weight is 346 g/mol. The third kappa shape index (κ3) is 3.31. The van der Waals surface area contributed by atoms with Gasteiger partial charge in [0.1, 0.15) is 0 Å². The fourth-order valence-corrected chi connectivity index (χ4v) is 4.51. The number of nitrogens with one attached hydrogen (secondary N) is 2. The molecule has 2 bridgehead atoms. The quantitative estimate of drug-likeness (QED) is 0.316. The number of aliphatic imine (C=N–C) groups is 1. The van der Waals surface area contributed by atoms with Crippen molar-refractivity contribution in [3.8, 4) is 0 Å². The third-order valence-corrected chi connectivity index (χ3v) is 6.13.